The summed E-state index contributed by atoms with van der Waals surface area (Å²) in [7, 11) is 0. The van der Waals surface area contributed by atoms with E-state index in [1.165, 1.54) is 18.2 Å². The van der Waals surface area contributed by atoms with Crippen LogP contribution in [0.2, 0.25) is 5.02 Å². The summed E-state index contributed by atoms with van der Waals surface area (Å²) in [6.45, 7) is 0.302. The van der Waals surface area contributed by atoms with Crippen LogP contribution in [0, 0.1) is 11.6 Å². The number of unbranched alkanes of at least 4 members (excludes halogenated alkanes) is 6. The molecule has 0 fully saturated rings. The number of amides is 4. The van der Waals surface area contributed by atoms with Gasteiger partial charge < -0.3 is 21.7 Å². The fourth-order valence-electron chi connectivity index (χ4n) is 5.33. The SMILES string of the molecule is NC(=O)CCCCCCCCCNC(=O)c1cc(NC(=O)c2cc(F)cc(C(F)(F)F)c2)c2c(c1)C(=O)N[C@@H]2c1cc(F)ccc1Cl. The topological polar surface area (TPSA) is 130 Å². The van der Waals surface area contributed by atoms with Crippen molar-refractivity contribution in [2.24, 2.45) is 5.73 Å². The van der Waals surface area contributed by atoms with Gasteiger partial charge in [-0.15, -0.1) is 0 Å². The third-order valence-electron chi connectivity index (χ3n) is 7.64. The number of fused-ring (bicyclic) bond motifs is 1. The number of hydrogen-bond donors (Lipinski definition) is 4. The van der Waals surface area contributed by atoms with Gasteiger partial charge in [-0.1, -0.05) is 43.7 Å². The zero-order valence-corrected chi connectivity index (χ0v) is 25.8. The molecule has 1 atom stereocenters. The summed E-state index contributed by atoms with van der Waals surface area (Å²) in [5, 5.41) is 7.89. The van der Waals surface area contributed by atoms with Crippen molar-refractivity contribution in [3.63, 3.8) is 0 Å². The van der Waals surface area contributed by atoms with E-state index in [9.17, 15) is 41.1 Å². The Morgan fingerprint density at radius 3 is 2.17 bits per heavy atom. The van der Waals surface area contributed by atoms with Crippen molar-refractivity contribution in [3.8, 4) is 0 Å². The second-order valence-electron chi connectivity index (χ2n) is 11.2. The van der Waals surface area contributed by atoms with E-state index in [1.54, 1.807) is 0 Å². The number of nitrogens with one attached hydrogen (secondary N) is 3. The largest absolute Gasteiger partial charge is 0.416 e. The van der Waals surface area contributed by atoms with Crippen molar-refractivity contribution in [1.82, 2.24) is 10.6 Å². The Hall–Kier alpha value is -4.52. The Morgan fingerprint density at radius 2 is 1.49 bits per heavy atom. The van der Waals surface area contributed by atoms with Crippen molar-refractivity contribution < 1.29 is 41.1 Å². The number of rotatable bonds is 14. The summed E-state index contributed by atoms with van der Waals surface area (Å²) in [6.07, 6.45) is 1.41. The first-order valence-electron chi connectivity index (χ1n) is 14.9. The lowest BCUT2D eigenvalue weighted by Gasteiger charge is -2.19. The van der Waals surface area contributed by atoms with Gasteiger partial charge in [0, 0.05) is 51.5 Å². The minimum Gasteiger partial charge on any atom is -0.370 e. The minimum atomic E-state index is -4.93. The van der Waals surface area contributed by atoms with Crippen molar-refractivity contribution in [2.45, 2.75) is 63.6 Å². The van der Waals surface area contributed by atoms with Crippen LogP contribution in [-0.4, -0.2) is 30.2 Å². The molecule has 14 heteroatoms. The van der Waals surface area contributed by atoms with E-state index < -0.39 is 52.7 Å². The van der Waals surface area contributed by atoms with E-state index in [2.05, 4.69) is 16.0 Å². The van der Waals surface area contributed by atoms with E-state index in [-0.39, 0.29) is 44.9 Å². The van der Waals surface area contributed by atoms with Crippen molar-refractivity contribution >= 4 is 40.9 Å². The number of carbonyl (C=O) groups is 4. The zero-order chi connectivity index (χ0) is 34.3. The number of nitrogens with two attached hydrogens (primary N) is 1. The lowest BCUT2D eigenvalue weighted by atomic mass is 9.94. The summed E-state index contributed by atoms with van der Waals surface area (Å²) in [5.41, 5.74) is 3.08. The van der Waals surface area contributed by atoms with Gasteiger partial charge in [-0.3, -0.25) is 19.2 Å². The van der Waals surface area contributed by atoms with Crippen LogP contribution >= 0.6 is 11.6 Å². The van der Waals surface area contributed by atoms with Crippen LogP contribution < -0.4 is 21.7 Å². The Bertz CT molecular complexity index is 1680. The summed E-state index contributed by atoms with van der Waals surface area (Å²) in [5.74, 6) is -4.69. The summed E-state index contributed by atoms with van der Waals surface area (Å²) < 4.78 is 68.3. The molecule has 0 saturated carbocycles. The molecule has 3 aromatic carbocycles. The van der Waals surface area contributed by atoms with Crippen LogP contribution in [0.3, 0.4) is 0 Å². The Morgan fingerprint density at radius 1 is 0.830 bits per heavy atom. The molecule has 3 aromatic rings. The highest BCUT2D eigenvalue weighted by atomic mass is 35.5. The van der Waals surface area contributed by atoms with E-state index in [1.807, 2.05) is 0 Å². The van der Waals surface area contributed by atoms with Crippen LogP contribution in [0.1, 0.15) is 105 Å². The van der Waals surface area contributed by atoms with Crippen molar-refractivity contribution in [2.75, 3.05) is 11.9 Å². The molecule has 5 N–H and O–H groups in total. The summed E-state index contributed by atoms with van der Waals surface area (Å²) >= 11 is 6.31. The maximum atomic E-state index is 14.2. The van der Waals surface area contributed by atoms with E-state index >= 15 is 0 Å². The Labute approximate surface area is 272 Å². The van der Waals surface area contributed by atoms with Gasteiger partial charge in [-0.25, -0.2) is 8.78 Å². The quantitative estimate of drug-likeness (QED) is 0.107. The molecule has 4 rings (SSSR count). The standard InChI is InChI=1S/C33H32ClF5N4O4/c34-25-10-9-21(35)17-23(25)29-28-24(32(47)43-29)14-19(30(45)41-11-7-5-3-1-2-4-6-8-27(40)44)15-26(28)42-31(46)18-12-20(33(37,38)39)16-22(36)13-18/h9-10,12-17,29H,1-8,11H2,(H2,40,44)(H,41,45)(H,42,46)(H,43,47)/t29-/m1/s1. The predicted octanol–water partition coefficient (Wildman–Crippen LogP) is 7.06. The second-order valence-corrected chi connectivity index (χ2v) is 11.6. The van der Waals surface area contributed by atoms with Gasteiger partial charge in [0.15, 0.2) is 0 Å². The number of halogens is 6. The first-order valence-corrected chi connectivity index (χ1v) is 15.3. The molecular formula is C33H32ClF5N4O4. The first-order chi connectivity index (χ1) is 22.2. The molecular weight excluding hydrogens is 647 g/mol. The lowest BCUT2D eigenvalue weighted by Crippen LogP contribution is -2.25. The van der Waals surface area contributed by atoms with Crippen LogP contribution in [0.5, 0.6) is 0 Å². The number of primary amides is 1. The molecule has 250 valence electrons. The molecule has 47 heavy (non-hydrogen) atoms. The third-order valence-corrected chi connectivity index (χ3v) is 7.99. The van der Waals surface area contributed by atoms with Crippen LogP contribution in [0.25, 0.3) is 0 Å². The molecule has 1 aliphatic heterocycles. The Kier molecular flexibility index (Phi) is 11.6. The van der Waals surface area contributed by atoms with Gasteiger partial charge >= 0.3 is 6.18 Å². The normalized spacial score (nSPS) is 14.0. The average Bonchev–Trinajstić information content (AvgIpc) is 3.34. The van der Waals surface area contributed by atoms with Gasteiger partial charge in [-0.05, 0) is 61.4 Å². The molecule has 0 bridgehead atoms. The van der Waals surface area contributed by atoms with Gasteiger partial charge in [-0.2, -0.15) is 13.2 Å². The van der Waals surface area contributed by atoms with Crippen LogP contribution in [-0.2, 0) is 11.0 Å². The van der Waals surface area contributed by atoms with E-state index in [0.717, 1.165) is 50.7 Å². The molecule has 8 nitrogen and oxygen atoms in total. The maximum absolute atomic E-state index is 14.2. The smallest absolute Gasteiger partial charge is 0.370 e. The molecule has 0 saturated heterocycles. The molecule has 1 aliphatic rings. The molecule has 0 aliphatic carbocycles. The first kappa shape index (κ1) is 35.3. The molecule has 0 aromatic heterocycles. The molecule has 4 amide bonds. The summed E-state index contributed by atoms with van der Waals surface area (Å²) in [4.78, 5) is 50.2. The highest BCUT2D eigenvalue weighted by molar-refractivity contribution is 6.31. The molecule has 0 spiro atoms. The number of carbonyl (C=O) groups excluding carboxylic acids is 4. The number of anilines is 1. The highest BCUT2D eigenvalue weighted by Crippen LogP contribution is 2.40. The lowest BCUT2D eigenvalue weighted by molar-refractivity contribution is -0.137. The van der Waals surface area contributed by atoms with Crippen molar-refractivity contribution in [3.05, 3.63) is 98.6 Å². The monoisotopic (exact) mass is 678 g/mol. The summed E-state index contributed by atoms with van der Waals surface area (Å²) in [6, 6.07) is 6.23. The van der Waals surface area contributed by atoms with E-state index in [4.69, 9.17) is 17.3 Å². The van der Waals surface area contributed by atoms with Gasteiger partial charge in [0.2, 0.25) is 5.91 Å². The maximum Gasteiger partial charge on any atom is 0.416 e. The fraction of sp³-hybridized carbons (Fsp3) is 0.333. The Balaban J connectivity index is 1.56. The molecule has 0 radical (unpaired) electrons. The third kappa shape index (κ3) is 9.28. The predicted molar refractivity (Wildman–Crippen MR) is 165 cm³/mol. The van der Waals surface area contributed by atoms with Gasteiger partial charge in [0.25, 0.3) is 17.7 Å². The number of alkyl halides is 3. The van der Waals surface area contributed by atoms with Crippen LogP contribution in [0.4, 0.5) is 27.6 Å². The van der Waals surface area contributed by atoms with Crippen LogP contribution in [0.15, 0.2) is 48.5 Å². The second kappa shape index (κ2) is 15.4. The molecule has 0 unspecified atom stereocenters. The number of hydrogen-bond acceptors (Lipinski definition) is 4. The average molecular weight is 679 g/mol. The fourth-order valence-corrected chi connectivity index (χ4v) is 5.55. The highest BCUT2D eigenvalue weighted by Gasteiger charge is 2.36. The zero-order valence-electron chi connectivity index (χ0n) is 25.0. The van der Waals surface area contributed by atoms with Gasteiger partial charge in [0.05, 0.1) is 11.6 Å². The van der Waals surface area contributed by atoms with Crippen molar-refractivity contribution in [1.29, 1.82) is 0 Å². The molecule has 1 heterocycles. The number of benzene rings is 3. The van der Waals surface area contributed by atoms with E-state index in [0.29, 0.717) is 31.5 Å². The minimum absolute atomic E-state index is 0.0372. The van der Waals surface area contributed by atoms with Gasteiger partial charge in [0.1, 0.15) is 11.6 Å².